The Labute approximate surface area is 162 Å². The van der Waals surface area contributed by atoms with Crippen LogP contribution in [0.15, 0.2) is 42.5 Å². The van der Waals surface area contributed by atoms with Crippen LogP contribution in [-0.2, 0) is 14.8 Å². The molecule has 1 N–H and O–H groups in total. The molecule has 0 saturated heterocycles. The Balaban J connectivity index is 2.26. The molecule has 0 radical (unpaired) electrons. The van der Waals surface area contributed by atoms with E-state index >= 15 is 0 Å². The molecule has 0 aliphatic heterocycles. The lowest BCUT2D eigenvalue weighted by atomic mass is 10.1. The van der Waals surface area contributed by atoms with Crippen molar-refractivity contribution in [3.63, 3.8) is 0 Å². The Kier molecular flexibility index (Phi) is 6.34. The van der Waals surface area contributed by atoms with Gasteiger partial charge in [-0.25, -0.2) is 12.8 Å². The summed E-state index contributed by atoms with van der Waals surface area (Å²) in [6.45, 7) is 2.72. The average Bonchev–Trinajstić information content (AvgIpc) is 2.59. The first-order chi connectivity index (χ1) is 13.0. The van der Waals surface area contributed by atoms with Crippen molar-refractivity contribution in [1.29, 1.82) is 0 Å². The smallest absolute Gasteiger partial charge is 0.271 e. The van der Waals surface area contributed by atoms with Gasteiger partial charge < -0.3 is 5.32 Å². The van der Waals surface area contributed by atoms with Crippen molar-refractivity contribution in [1.82, 2.24) is 5.32 Å². The second-order valence-corrected chi connectivity index (χ2v) is 8.25. The summed E-state index contributed by atoms with van der Waals surface area (Å²) >= 11 is 0. The standard InChI is InChI=1S/C18H20FN3O5S/c1-12-4-9-16(22(24)25)10-17(12)21(28(3,26)27)11-18(23)20-13(2)14-5-7-15(19)8-6-14/h4-10,13H,11H2,1-3H3,(H,20,23)/t13-/m1/s1. The number of carbonyl (C=O) groups excluding carboxylic acids is 1. The minimum absolute atomic E-state index is 0.0567. The molecule has 0 fully saturated rings. The van der Waals surface area contributed by atoms with Crippen molar-refractivity contribution in [2.45, 2.75) is 19.9 Å². The van der Waals surface area contributed by atoms with Gasteiger partial charge in [-0.3, -0.25) is 19.2 Å². The summed E-state index contributed by atoms with van der Waals surface area (Å²) in [7, 11) is -3.88. The molecule has 1 atom stereocenters. The number of anilines is 1. The molecule has 0 aliphatic carbocycles. The van der Waals surface area contributed by atoms with Crippen molar-refractivity contribution in [3.8, 4) is 0 Å². The Hall–Kier alpha value is -3.01. The number of halogens is 1. The monoisotopic (exact) mass is 409 g/mol. The number of nitro benzene ring substituents is 1. The summed E-state index contributed by atoms with van der Waals surface area (Å²) in [4.78, 5) is 22.8. The largest absolute Gasteiger partial charge is 0.348 e. The molecule has 0 bridgehead atoms. The van der Waals surface area contributed by atoms with Crippen LogP contribution < -0.4 is 9.62 Å². The normalized spacial score (nSPS) is 12.3. The van der Waals surface area contributed by atoms with E-state index in [0.29, 0.717) is 11.1 Å². The highest BCUT2D eigenvalue weighted by Gasteiger charge is 2.25. The molecule has 2 aromatic carbocycles. The first-order valence-corrected chi connectivity index (χ1v) is 10.1. The summed E-state index contributed by atoms with van der Waals surface area (Å²) in [5.41, 5.74) is 0.887. The lowest BCUT2D eigenvalue weighted by Gasteiger charge is -2.24. The maximum absolute atomic E-state index is 13.0. The number of carbonyl (C=O) groups is 1. The summed E-state index contributed by atoms with van der Waals surface area (Å²) < 4.78 is 38.3. The number of aryl methyl sites for hydroxylation is 1. The molecule has 10 heteroatoms. The number of rotatable bonds is 7. The molecule has 150 valence electrons. The Bertz CT molecular complexity index is 993. The predicted octanol–water partition coefficient (Wildman–Crippen LogP) is 2.69. The van der Waals surface area contributed by atoms with Gasteiger partial charge in [0.2, 0.25) is 15.9 Å². The molecule has 0 aliphatic rings. The van der Waals surface area contributed by atoms with Gasteiger partial charge in [0.25, 0.3) is 5.69 Å². The summed E-state index contributed by atoms with van der Waals surface area (Å²) in [6, 6.07) is 8.85. The second kappa shape index (κ2) is 8.34. The number of hydrogen-bond acceptors (Lipinski definition) is 5. The Morgan fingerprint density at radius 3 is 2.39 bits per heavy atom. The fourth-order valence-corrected chi connectivity index (χ4v) is 3.52. The molecular formula is C18H20FN3O5S. The van der Waals surface area contributed by atoms with Gasteiger partial charge in [0.05, 0.1) is 22.9 Å². The molecule has 0 unspecified atom stereocenters. The number of nitro groups is 1. The van der Waals surface area contributed by atoms with E-state index in [-0.39, 0.29) is 11.4 Å². The highest BCUT2D eigenvalue weighted by Crippen LogP contribution is 2.27. The van der Waals surface area contributed by atoms with Crippen LogP contribution in [0.5, 0.6) is 0 Å². The van der Waals surface area contributed by atoms with Gasteiger partial charge in [-0.05, 0) is 37.1 Å². The van der Waals surface area contributed by atoms with Crippen LogP contribution >= 0.6 is 0 Å². The lowest BCUT2D eigenvalue weighted by molar-refractivity contribution is -0.384. The van der Waals surface area contributed by atoms with E-state index in [1.165, 1.54) is 36.4 Å². The number of non-ortho nitro benzene ring substituents is 1. The highest BCUT2D eigenvalue weighted by atomic mass is 32.2. The molecule has 2 aromatic rings. The number of sulfonamides is 1. The third-order valence-corrected chi connectivity index (χ3v) is 5.23. The van der Waals surface area contributed by atoms with Crippen molar-refractivity contribution in [3.05, 3.63) is 69.5 Å². The van der Waals surface area contributed by atoms with Gasteiger partial charge in [0, 0.05) is 12.1 Å². The van der Waals surface area contributed by atoms with Crippen molar-refractivity contribution in [2.24, 2.45) is 0 Å². The first kappa shape index (κ1) is 21.3. The van der Waals surface area contributed by atoms with E-state index in [2.05, 4.69) is 5.32 Å². The topological polar surface area (TPSA) is 110 Å². The number of amides is 1. The lowest BCUT2D eigenvalue weighted by Crippen LogP contribution is -2.41. The van der Waals surface area contributed by atoms with E-state index < -0.39 is 39.3 Å². The molecule has 1 amide bonds. The van der Waals surface area contributed by atoms with Crippen LogP contribution in [0, 0.1) is 22.9 Å². The van der Waals surface area contributed by atoms with Crippen LogP contribution in [0.25, 0.3) is 0 Å². The first-order valence-electron chi connectivity index (χ1n) is 8.26. The van der Waals surface area contributed by atoms with E-state index in [1.54, 1.807) is 13.8 Å². The zero-order chi connectivity index (χ0) is 21.1. The molecule has 0 spiro atoms. The van der Waals surface area contributed by atoms with Gasteiger partial charge in [-0.1, -0.05) is 18.2 Å². The molecule has 0 heterocycles. The van der Waals surface area contributed by atoms with Gasteiger partial charge in [-0.2, -0.15) is 0 Å². The molecule has 0 saturated carbocycles. The Morgan fingerprint density at radius 2 is 1.86 bits per heavy atom. The second-order valence-electron chi connectivity index (χ2n) is 6.34. The molecule has 2 rings (SSSR count). The number of nitrogens with one attached hydrogen (secondary N) is 1. The third kappa shape index (κ3) is 5.26. The summed E-state index contributed by atoms with van der Waals surface area (Å²) in [6.07, 6.45) is 0.919. The van der Waals surface area contributed by atoms with Crippen molar-refractivity contribution >= 4 is 27.3 Å². The SMILES string of the molecule is Cc1ccc([N+](=O)[O-])cc1N(CC(=O)N[C@H](C)c1ccc(F)cc1)S(C)(=O)=O. The van der Waals surface area contributed by atoms with E-state index in [1.807, 2.05) is 0 Å². The third-order valence-electron chi connectivity index (χ3n) is 4.11. The zero-order valence-corrected chi connectivity index (χ0v) is 16.4. The highest BCUT2D eigenvalue weighted by molar-refractivity contribution is 7.92. The predicted molar refractivity (Wildman–Crippen MR) is 103 cm³/mol. The van der Waals surface area contributed by atoms with E-state index in [4.69, 9.17) is 0 Å². The minimum atomic E-state index is -3.88. The Morgan fingerprint density at radius 1 is 1.25 bits per heavy atom. The van der Waals surface area contributed by atoms with Crippen LogP contribution in [0.4, 0.5) is 15.8 Å². The van der Waals surface area contributed by atoms with Gasteiger partial charge >= 0.3 is 0 Å². The number of hydrogen-bond donors (Lipinski definition) is 1. The van der Waals surface area contributed by atoms with Gasteiger partial charge in [0.1, 0.15) is 12.4 Å². The van der Waals surface area contributed by atoms with E-state index in [0.717, 1.165) is 16.6 Å². The quantitative estimate of drug-likeness (QED) is 0.558. The van der Waals surface area contributed by atoms with Crippen molar-refractivity contribution < 1.29 is 22.5 Å². The maximum atomic E-state index is 13.0. The average molecular weight is 409 g/mol. The van der Waals surface area contributed by atoms with Crippen LogP contribution in [0.2, 0.25) is 0 Å². The maximum Gasteiger partial charge on any atom is 0.271 e. The van der Waals surface area contributed by atoms with Crippen LogP contribution in [0.1, 0.15) is 24.1 Å². The van der Waals surface area contributed by atoms with Gasteiger partial charge in [-0.15, -0.1) is 0 Å². The van der Waals surface area contributed by atoms with E-state index in [9.17, 15) is 27.7 Å². The fourth-order valence-electron chi connectivity index (χ4n) is 2.61. The van der Waals surface area contributed by atoms with Gasteiger partial charge in [0.15, 0.2) is 0 Å². The number of benzene rings is 2. The molecular weight excluding hydrogens is 389 g/mol. The number of nitrogens with zero attached hydrogens (tertiary/aromatic N) is 2. The summed E-state index contributed by atoms with van der Waals surface area (Å²) in [5, 5.41) is 13.7. The molecule has 8 nitrogen and oxygen atoms in total. The van der Waals surface area contributed by atoms with Crippen molar-refractivity contribution in [2.75, 3.05) is 17.1 Å². The molecule has 0 aromatic heterocycles. The fraction of sp³-hybridized carbons (Fsp3) is 0.278. The van der Waals surface area contributed by atoms with Crippen LogP contribution in [-0.4, -0.2) is 32.0 Å². The molecule has 28 heavy (non-hydrogen) atoms. The van der Waals surface area contributed by atoms with Crippen LogP contribution in [0.3, 0.4) is 0 Å². The summed E-state index contributed by atoms with van der Waals surface area (Å²) in [5.74, 6) is -1.01. The zero-order valence-electron chi connectivity index (χ0n) is 15.5. The minimum Gasteiger partial charge on any atom is -0.348 e.